The number of amides is 1. The first-order valence-corrected chi connectivity index (χ1v) is 8.94. The van der Waals surface area contributed by atoms with E-state index in [1.54, 1.807) is 12.1 Å². The van der Waals surface area contributed by atoms with Crippen molar-refractivity contribution >= 4 is 17.9 Å². The highest BCUT2D eigenvalue weighted by Gasteiger charge is 2.10. The monoisotopic (exact) mass is 388 g/mol. The zero-order chi connectivity index (χ0) is 20.5. The van der Waals surface area contributed by atoms with E-state index in [9.17, 15) is 9.59 Å². The number of ether oxygens (including phenoxy) is 2. The van der Waals surface area contributed by atoms with Crippen molar-refractivity contribution in [2.75, 3.05) is 13.7 Å². The van der Waals surface area contributed by atoms with Gasteiger partial charge in [-0.1, -0.05) is 60.7 Å². The lowest BCUT2D eigenvalue weighted by atomic mass is 10.0. The summed E-state index contributed by atoms with van der Waals surface area (Å²) < 4.78 is 10.7. The Morgan fingerprint density at radius 3 is 2.10 bits per heavy atom. The molecule has 0 atom stereocenters. The molecule has 0 aliphatic heterocycles. The van der Waals surface area contributed by atoms with Gasteiger partial charge in [-0.05, 0) is 18.2 Å². The summed E-state index contributed by atoms with van der Waals surface area (Å²) >= 11 is 0. The van der Waals surface area contributed by atoms with Crippen molar-refractivity contribution in [3.05, 3.63) is 95.6 Å². The minimum Gasteiger partial charge on any atom is -0.493 e. The average Bonchev–Trinajstić information content (AvgIpc) is 2.79. The van der Waals surface area contributed by atoms with Gasteiger partial charge in [0.2, 0.25) is 0 Å². The number of nitrogens with zero attached hydrogens (tertiary/aromatic N) is 1. The lowest BCUT2D eigenvalue weighted by Gasteiger charge is -2.11. The van der Waals surface area contributed by atoms with E-state index in [1.165, 1.54) is 13.2 Å². The fourth-order valence-electron chi connectivity index (χ4n) is 2.66. The van der Waals surface area contributed by atoms with Crippen LogP contribution >= 0.6 is 0 Å². The van der Waals surface area contributed by atoms with Gasteiger partial charge >= 0.3 is 0 Å². The summed E-state index contributed by atoms with van der Waals surface area (Å²) in [6.45, 7) is -0.279. The molecule has 1 amide bonds. The van der Waals surface area contributed by atoms with E-state index in [1.807, 2.05) is 60.7 Å². The lowest BCUT2D eigenvalue weighted by Crippen LogP contribution is -2.26. The molecule has 0 aliphatic carbocycles. The molecule has 0 radical (unpaired) electrons. The van der Waals surface area contributed by atoms with E-state index in [-0.39, 0.29) is 6.61 Å². The molecule has 29 heavy (non-hydrogen) atoms. The molecule has 3 aromatic rings. The number of benzene rings is 3. The molecule has 0 saturated heterocycles. The van der Waals surface area contributed by atoms with Gasteiger partial charge in [-0.3, -0.25) is 9.59 Å². The lowest BCUT2D eigenvalue weighted by molar-refractivity contribution is -0.123. The molecular weight excluding hydrogens is 368 g/mol. The fraction of sp³-hybridized carbons (Fsp3) is 0.0870. The first-order chi connectivity index (χ1) is 14.2. The molecule has 0 aromatic heterocycles. The summed E-state index contributed by atoms with van der Waals surface area (Å²) in [4.78, 5) is 23.2. The molecule has 0 fully saturated rings. The van der Waals surface area contributed by atoms with Crippen LogP contribution < -0.4 is 14.9 Å². The van der Waals surface area contributed by atoms with Crippen LogP contribution in [0.1, 0.15) is 21.5 Å². The molecule has 6 nitrogen and oxygen atoms in total. The van der Waals surface area contributed by atoms with Crippen LogP contribution in [0.3, 0.4) is 0 Å². The summed E-state index contributed by atoms with van der Waals surface area (Å²) in [6, 6.07) is 23.9. The molecule has 6 heteroatoms. The van der Waals surface area contributed by atoms with E-state index in [2.05, 4.69) is 10.5 Å². The van der Waals surface area contributed by atoms with Gasteiger partial charge in [0, 0.05) is 16.7 Å². The van der Waals surface area contributed by atoms with Crippen molar-refractivity contribution in [3.63, 3.8) is 0 Å². The Kier molecular flexibility index (Phi) is 6.73. The maximum atomic E-state index is 12.3. The van der Waals surface area contributed by atoms with Gasteiger partial charge in [0.15, 0.2) is 18.1 Å². The number of aldehydes is 1. The van der Waals surface area contributed by atoms with Crippen LogP contribution in [0.5, 0.6) is 11.5 Å². The van der Waals surface area contributed by atoms with Crippen LogP contribution in [0.2, 0.25) is 0 Å². The van der Waals surface area contributed by atoms with Crippen molar-refractivity contribution < 1.29 is 19.1 Å². The van der Waals surface area contributed by atoms with Crippen molar-refractivity contribution in [1.82, 2.24) is 5.43 Å². The quantitative estimate of drug-likeness (QED) is 0.364. The van der Waals surface area contributed by atoms with Gasteiger partial charge in [-0.25, -0.2) is 5.43 Å². The van der Waals surface area contributed by atoms with Crippen LogP contribution in [-0.2, 0) is 4.79 Å². The summed E-state index contributed by atoms with van der Waals surface area (Å²) in [7, 11) is 1.49. The number of nitrogens with one attached hydrogen (secondary N) is 1. The number of hydrogen-bond acceptors (Lipinski definition) is 5. The largest absolute Gasteiger partial charge is 0.493 e. The van der Waals surface area contributed by atoms with Gasteiger partial charge in [0.05, 0.1) is 12.8 Å². The van der Waals surface area contributed by atoms with Gasteiger partial charge in [-0.15, -0.1) is 0 Å². The number of hydrazone groups is 1. The molecular formula is C23H20N2O4. The molecule has 0 spiro atoms. The van der Waals surface area contributed by atoms with E-state index in [0.29, 0.717) is 29.1 Å². The summed E-state index contributed by atoms with van der Waals surface area (Å²) in [6.07, 6.45) is 0.697. The highest BCUT2D eigenvalue weighted by Crippen LogP contribution is 2.27. The third-order valence-corrected chi connectivity index (χ3v) is 4.07. The maximum Gasteiger partial charge on any atom is 0.277 e. The predicted octanol–water partition coefficient (Wildman–Crippen LogP) is 3.46. The fourth-order valence-corrected chi connectivity index (χ4v) is 2.66. The van der Waals surface area contributed by atoms with Crippen LogP contribution in [0.25, 0.3) is 0 Å². The molecule has 0 heterocycles. The van der Waals surface area contributed by atoms with Crippen molar-refractivity contribution in [2.24, 2.45) is 5.10 Å². The van der Waals surface area contributed by atoms with Gasteiger partial charge in [-0.2, -0.15) is 5.10 Å². The first-order valence-electron chi connectivity index (χ1n) is 8.94. The number of carbonyl (C=O) groups excluding carboxylic acids is 2. The highest BCUT2D eigenvalue weighted by molar-refractivity contribution is 6.13. The van der Waals surface area contributed by atoms with Crippen LogP contribution in [0.4, 0.5) is 0 Å². The molecule has 3 aromatic carbocycles. The predicted molar refractivity (Wildman–Crippen MR) is 111 cm³/mol. The van der Waals surface area contributed by atoms with E-state index >= 15 is 0 Å². The van der Waals surface area contributed by atoms with Gasteiger partial charge in [0.1, 0.15) is 6.29 Å². The van der Waals surface area contributed by atoms with Crippen LogP contribution in [0, 0.1) is 0 Å². The SMILES string of the molecule is COc1ccc(C=O)cc1OCC(=O)NN=C(c1ccccc1)c1ccccc1. The Morgan fingerprint density at radius 2 is 1.55 bits per heavy atom. The Balaban J connectivity index is 1.73. The Labute approximate surface area is 168 Å². The summed E-state index contributed by atoms with van der Waals surface area (Å²) in [5, 5.41) is 4.30. The Hall–Kier alpha value is -3.93. The topological polar surface area (TPSA) is 77.0 Å². The Bertz CT molecular complexity index is 960. The minimum absolute atomic E-state index is 0.279. The van der Waals surface area contributed by atoms with Crippen molar-refractivity contribution in [1.29, 1.82) is 0 Å². The zero-order valence-electron chi connectivity index (χ0n) is 15.9. The zero-order valence-corrected chi connectivity index (χ0v) is 15.9. The standard InChI is InChI=1S/C23H20N2O4/c1-28-20-13-12-17(15-26)14-21(20)29-16-22(27)24-25-23(18-8-4-2-5-9-18)19-10-6-3-7-11-19/h2-15H,16H2,1H3,(H,24,27). The van der Waals surface area contributed by atoms with E-state index < -0.39 is 5.91 Å². The third-order valence-electron chi connectivity index (χ3n) is 4.07. The van der Waals surface area contributed by atoms with Gasteiger partial charge < -0.3 is 9.47 Å². The normalized spacial score (nSPS) is 9.97. The highest BCUT2D eigenvalue weighted by atomic mass is 16.5. The summed E-state index contributed by atoms with van der Waals surface area (Å²) in [5.74, 6) is 0.302. The Morgan fingerprint density at radius 1 is 0.931 bits per heavy atom. The smallest absolute Gasteiger partial charge is 0.277 e. The number of hydrogen-bond donors (Lipinski definition) is 1. The number of methoxy groups -OCH3 is 1. The number of rotatable bonds is 8. The van der Waals surface area contributed by atoms with Crippen molar-refractivity contribution in [3.8, 4) is 11.5 Å². The van der Waals surface area contributed by atoms with Crippen molar-refractivity contribution in [2.45, 2.75) is 0 Å². The second-order valence-corrected chi connectivity index (χ2v) is 6.04. The molecule has 3 rings (SSSR count). The molecule has 0 unspecified atom stereocenters. The second-order valence-electron chi connectivity index (χ2n) is 6.04. The first kappa shape index (κ1) is 19.8. The number of carbonyl (C=O) groups is 2. The molecule has 0 aliphatic rings. The third kappa shape index (κ3) is 5.29. The second kappa shape index (κ2) is 9.85. The molecule has 0 saturated carbocycles. The van der Waals surface area contributed by atoms with Gasteiger partial charge in [0.25, 0.3) is 5.91 Å². The maximum absolute atomic E-state index is 12.3. The molecule has 1 N–H and O–H groups in total. The average molecular weight is 388 g/mol. The van der Waals surface area contributed by atoms with E-state index in [4.69, 9.17) is 9.47 Å². The van der Waals surface area contributed by atoms with Crippen LogP contribution in [0.15, 0.2) is 84.0 Å². The summed E-state index contributed by atoms with van der Waals surface area (Å²) in [5.41, 5.74) is 5.34. The van der Waals surface area contributed by atoms with Crippen LogP contribution in [-0.4, -0.2) is 31.6 Å². The molecule has 0 bridgehead atoms. The minimum atomic E-state index is -0.437. The molecule has 146 valence electrons. The van der Waals surface area contributed by atoms with E-state index in [0.717, 1.165) is 11.1 Å².